The smallest absolute Gasteiger partial charge is 0.131 e. The van der Waals surface area contributed by atoms with E-state index in [4.69, 9.17) is 0 Å². The summed E-state index contributed by atoms with van der Waals surface area (Å²) < 4.78 is 13.7. The Morgan fingerprint density at radius 2 is 1.95 bits per heavy atom. The molecule has 20 heavy (non-hydrogen) atoms. The zero-order valence-electron chi connectivity index (χ0n) is 13.0. The lowest BCUT2D eigenvalue weighted by Crippen LogP contribution is -2.28. The molecular weight excluding hydrogens is 255 g/mol. The molecule has 2 N–H and O–H groups in total. The minimum atomic E-state index is -0.357. The van der Waals surface area contributed by atoms with E-state index in [0.29, 0.717) is 11.6 Å². The topological polar surface area (TPSA) is 35.5 Å². The van der Waals surface area contributed by atoms with E-state index in [0.717, 1.165) is 32.0 Å². The molecule has 1 aromatic rings. The van der Waals surface area contributed by atoms with Crippen LogP contribution >= 0.6 is 0 Å². The molecule has 0 heterocycles. The summed E-state index contributed by atoms with van der Waals surface area (Å²) in [5.74, 6) is -0.389. The maximum absolute atomic E-state index is 13.7. The number of benzene rings is 1. The van der Waals surface area contributed by atoms with Crippen LogP contribution in [0.4, 0.5) is 4.39 Å². The Labute approximate surface area is 121 Å². The molecule has 0 radical (unpaired) electrons. The second-order valence-electron chi connectivity index (χ2n) is 5.66. The van der Waals surface area contributed by atoms with Gasteiger partial charge in [0, 0.05) is 23.7 Å². The van der Waals surface area contributed by atoms with E-state index in [1.807, 2.05) is 6.92 Å². The first-order chi connectivity index (χ1) is 9.41. The molecule has 0 aliphatic carbocycles. The highest BCUT2D eigenvalue weighted by molar-refractivity contribution is 5.29. The Morgan fingerprint density at radius 1 is 1.25 bits per heavy atom. The first-order valence-electron chi connectivity index (χ1n) is 7.34. The van der Waals surface area contributed by atoms with Gasteiger partial charge in [-0.3, -0.25) is 0 Å². The molecule has 3 nitrogen and oxygen atoms in total. The summed E-state index contributed by atoms with van der Waals surface area (Å²) in [4.78, 5) is 2.32. The highest BCUT2D eigenvalue weighted by Crippen LogP contribution is 2.20. The van der Waals surface area contributed by atoms with Gasteiger partial charge in [-0.15, -0.1) is 0 Å². The van der Waals surface area contributed by atoms with Crippen molar-refractivity contribution in [2.45, 2.75) is 45.7 Å². The van der Waals surface area contributed by atoms with Gasteiger partial charge in [0.25, 0.3) is 0 Å². The molecule has 4 heteroatoms. The van der Waals surface area contributed by atoms with Gasteiger partial charge in [0.05, 0.1) is 0 Å². The molecule has 0 aromatic heterocycles. The maximum Gasteiger partial charge on any atom is 0.131 e. The van der Waals surface area contributed by atoms with Gasteiger partial charge in [-0.25, -0.2) is 4.39 Å². The van der Waals surface area contributed by atoms with Crippen molar-refractivity contribution >= 4 is 0 Å². The summed E-state index contributed by atoms with van der Waals surface area (Å²) in [6.07, 6.45) is 2.20. The fourth-order valence-corrected chi connectivity index (χ4v) is 2.04. The second kappa shape index (κ2) is 8.22. The van der Waals surface area contributed by atoms with E-state index in [1.54, 1.807) is 6.07 Å². The molecule has 114 valence electrons. The lowest BCUT2D eigenvalue weighted by atomic mass is 10.1. The molecule has 0 bridgehead atoms. The molecule has 0 aliphatic rings. The van der Waals surface area contributed by atoms with E-state index in [9.17, 15) is 9.50 Å². The van der Waals surface area contributed by atoms with E-state index in [2.05, 4.69) is 31.1 Å². The van der Waals surface area contributed by atoms with Gasteiger partial charge in [-0.2, -0.15) is 0 Å². The van der Waals surface area contributed by atoms with Crippen molar-refractivity contribution < 1.29 is 9.50 Å². The number of hydrogen-bond acceptors (Lipinski definition) is 3. The highest BCUT2D eigenvalue weighted by atomic mass is 19.1. The summed E-state index contributed by atoms with van der Waals surface area (Å²) in [5.41, 5.74) is 0.599. The Hall–Kier alpha value is -1.13. The number of nitrogens with one attached hydrogen (secondary N) is 1. The van der Waals surface area contributed by atoms with Crippen molar-refractivity contribution in [2.75, 3.05) is 20.1 Å². The van der Waals surface area contributed by atoms with Crippen LogP contribution in [0.2, 0.25) is 0 Å². The monoisotopic (exact) mass is 282 g/mol. The third-order valence-corrected chi connectivity index (χ3v) is 3.72. The summed E-state index contributed by atoms with van der Waals surface area (Å²) >= 11 is 0. The van der Waals surface area contributed by atoms with Crippen LogP contribution in [0.3, 0.4) is 0 Å². The zero-order valence-corrected chi connectivity index (χ0v) is 13.0. The van der Waals surface area contributed by atoms with Crippen LogP contribution in [-0.2, 0) is 0 Å². The summed E-state index contributed by atoms with van der Waals surface area (Å²) in [7, 11) is 2.13. The van der Waals surface area contributed by atoms with Crippen LogP contribution in [0.5, 0.6) is 5.75 Å². The summed E-state index contributed by atoms with van der Waals surface area (Å²) in [6, 6.07) is 4.85. The number of halogens is 1. The molecular formula is C16H27FN2O. The number of phenolic OH excluding ortho intramolecular Hbond substituents is 1. The maximum atomic E-state index is 13.7. The van der Waals surface area contributed by atoms with Gasteiger partial charge in [0.2, 0.25) is 0 Å². The van der Waals surface area contributed by atoms with Gasteiger partial charge >= 0.3 is 0 Å². The minimum Gasteiger partial charge on any atom is -0.508 e. The average Bonchev–Trinajstić information content (AvgIpc) is 2.37. The Morgan fingerprint density at radius 3 is 2.55 bits per heavy atom. The van der Waals surface area contributed by atoms with Crippen LogP contribution in [0.25, 0.3) is 0 Å². The van der Waals surface area contributed by atoms with Crippen molar-refractivity contribution in [2.24, 2.45) is 0 Å². The molecule has 1 atom stereocenters. The number of aromatic hydroxyl groups is 1. The number of nitrogens with zero attached hydrogens (tertiary/aromatic N) is 1. The van der Waals surface area contributed by atoms with E-state index in [1.165, 1.54) is 6.07 Å². The molecule has 1 unspecified atom stereocenters. The van der Waals surface area contributed by atoms with Crippen LogP contribution < -0.4 is 5.32 Å². The molecule has 0 aliphatic heterocycles. The van der Waals surface area contributed by atoms with Crippen molar-refractivity contribution in [1.29, 1.82) is 0 Å². The second-order valence-corrected chi connectivity index (χ2v) is 5.66. The van der Waals surface area contributed by atoms with Crippen molar-refractivity contribution in [3.05, 3.63) is 29.6 Å². The largest absolute Gasteiger partial charge is 0.508 e. The third kappa shape index (κ3) is 5.47. The first kappa shape index (κ1) is 16.9. The quantitative estimate of drug-likeness (QED) is 0.718. The first-order valence-corrected chi connectivity index (χ1v) is 7.34. The third-order valence-electron chi connectivity index (χ3n) is 3.72. The van der Waals surface area contributed by atoms with Crippen molar-refractivity contribution in [1.82, 2.24) is 10.2 Å². The van der Waals surface area contributed by atoms with Crippen molar-refractivity contribution in [3.8, 4) is 5.75 Å². The summed E-state index contributed by atoms with van der Waals surface area (Å²) in [6.45, 7) is 8.27. The highest BCUT2D eigenvalue weighted by Gasteiger charge is 2.10. The Bertz CT molecular complexity index is 409. The standard InChI is InChI=1S/C16H27FN2O/c1-12(2)19(4)10-6-5-9-18-13(3)15-8-7-14(20)11-16(15)17/h7-8,11-13,18,20H,5-6,9-10H2,1-4H3. The molecule has 1 rings (SSSR count). The average molecular weight is 282 g/mol. The predicted octanol–water partition coefficient (Wildman–Crippen LogP) is 3.30. The SMILES string of the molecule is CC(NCCCCN(C)C(C)C)c1ccc(O)cc1F. The van der Waals surface area contributed by atoms with Crippen LogP contribution in [0, 0.1) is 5.82 Å². The Balaban J connectivity index is 2.28. The minimum absolute atomic E-state index is 0.0322. The lowest BCUT2D eigenvalue weighted by molar-refractivity contribution is 0.267. The van der Waals surface area contributed by atoms with Gasteiger partial charge in [0.15, 0.2) is 0 Å². The lowest BCUT2D eigenvalue weighted by Gasteiger charge is -2.21. The van der Waals surface area contributed by atoms with Gasteiger partial charge in [0.1, 0.15) is 11.6 Å². The Kier molecular flexibility index (Phi) is 6.96. The normalized spacial score (nSPS) is 13.2. The fraction of sp³-hybridized carbons (Fsp3) is 0.625. The molecule has 0 saturated carbocycles. The molecule has 0 spiro atoms. The number of phenols is 1. The zero-order chi connectivity index (χ0) is 15.1. The van der Waals surface area contributed by atoms with Crippen molar-refractivity contribution in [3.63, 3.8) is 0 Å². The van der Waals surface area contributed by atoms with E-state index >= 15 is 0 Å². The molecule has 0 amide bonds. The predicted molar refractivity (Wildman–Crippen MR) is 81.5 cm³/mol. The van der Waals surface area contributed by atoms with Crippen LogP contribution in [0.1, 0.15) is 45.2 Å². The molecule has 0 fully saturated rings. The van der Waals surface area contributed by atoms with E-state index in [-0.39, 0.29) is 17.6 Å². The fourth-order valence-electron chi connectivity index (χ4n) is 2.04. The van der Waals surface area contributed by atoms with Gasteiger partial charge in [-0.05, 0) is 59.8 Å². The number of unbranched alkanes of at least 4 members (excludes halogenated alkanes) is 1. The molecule has 0 saturated heterocycles. The van der Waals surface area contributed by atoms with E-state index < -0.39 is 0 Å². The molecule has 1 aromatic carbocycles. The van der Waals surface area contributed by atoms with Gasteiger partial charge in [-0.1, -0.05) is 6.07 Å². The number of hydrogen-bond donors (Lipinski definition) is 2. The summed E-state index contributed by atoms with van der Waals surface area (Å²) in [5, 5.41) is 12.5. The van der Waals surface area contributed by atoms with Crippen LogP contribution in [0.15, 0.2) is 18.2 Å². The van der Waals surface area contributed by atoms with Crippen LogP contribution in [-0.4, -0.2) is 36.2 Å². The van der Waals surface area contributed by atoms with Gasteiger partial charge < -0.3 is 15.3 Å². The number of rotatable bonds is 8.